The molecule has 1 rings (SSSR count). The first-order valence-corrected chi connectivity index (χ1v) is 22.9. The number of hydrogen-bond acceptors (Lipinski definition) is 0. The quantitative estimate of drug-likeness (QED) is 0.0528. The molecule has 0 bridgehead atoms. The first-order chi connectivity index (χ1) is 21.4. The topological polar surface area (TPSA) is 0 Å². The van der Waals surface area contributed by atoms with Crippen molar-refractivity contribution in [1.82, 2.24) is 0 Å². The molecule has 0 atom stereocenters. The number of benzene rings is 1. The van der Waals surface area contributed by atoms with Crippen LogP contribution in [-0.4, -0.2) is 8.80 Å². The first-order valence-electron chi connectivity index (χ1n) is 20.4. The van der Waals surface area contributed by atoms with Crippen LogP contribution in [0.3, 0.4) is 0 Å². The summed E-state index contributed by atoms with van der Waals surface area (Å²) in [6.07, 6.45) is 45.7. The lowest BCUT2D eigenvalue weighted by molar-refractivity contribution is 0.546. The van der Waals surface area contributed by atoms with Gasteiger partial charge in [0.2, 0.25) is 0 Å². The molecular formula is C42H80Si. The minimum atomic E-state index is -0.508. The van der Waals surface area contributed by atoms with Gasteiger partial charge in [-0.15, -0.1) is 0 Å². The Labute approximate surface area is 275 Å². The van der Waals surface area contributed by atoms with Crippen LogP contribution in [0.1, 0.15) is 212 Å². The molecule has 1 aromatic rings. The molecule has 252 valence electrons. The van der Waals surface area contributed by atoms with Gasteiger partial charge in [0.25, 0.3) is 0 Å². The van der Waals surface area contributed by atoms with Crippen molar-refractivity contribution in [2.75, 3.05) is 0 Å². The van der Waals surface area contributed by atoms with Gasteiger partial charge in [-0.05, 0) is 18.4 Å². The van der Waals surface area contributed by atoms with Crippen LogP contribution in [0.5, 0.6) is 0 Å². The van der Waals surface area contributed by atoms with E-state index in [0.29, 0.717) is 0 Å². The summed E-state index contributed by atoms with van der Waals surface area (Å²) in [6, 6.07) is 16.1. The molecule has 0 spiro atoms. The minimum absolute atomic E-state index is 0.508. The lowest BCUT2D eigenvalue weighted by Gasteiger charge is -2.15. The van der Waals surface area contributed by atoms with E-state index >= 15 is 0 Å². The van der Waals surface area contributed by atoms with Crippen LogP contribution >= 0.6 is 0 Å². The van der Waals surface area contributed by atoms with Crippen molar-refractivity contribution < 1.29 is 0 Å². The molecule has 0 aromatic heterocycles. The third-order valence-corrected chi connectivity index (χ3v) is 13.8. The van der Waals surface area contributed by atoms with E-state index in [2.05, 4.69) is 44.2 Å². The van der Waals surface area contributed by atoms with Crippen molar-refractivity contribution in [2.45, 2.75) is 231 Å². The summed E-state index contributed by atoms with van der Waals surface area (Å²) in [5.41, 5.74) is 1.52. The van der Waals surface area contributed by atoms with Gasteiger partial charge in [-0.1, -0.05) is 249 Å². The number of rotatable bonds is 35. The number of aryl methyl sites for hydroxylation is 1. The van der Waals surface area contributed by atoms with E-state index < -0.39 is 8.80 Å². The van der Waals surface area contributed by atoms with E-state index in [1.807, 2.05) is 0 Å². The van der Waals surface area contributed by atoms with Gasteiger partial charge >= 0.3 is 0 Å². The van der Waals surface area contributed by atoms with Crippen molar-refractivity contribution in [2.24, 2.45) is 0 Å². The lowest BCUT2D eigenvalue weighted by atomic mass is 10.1. The molecule has 1 heteroatoms. The molecule has 0 saturated heterocycles. The largest absolute Gasteiger partial charge is 0.0654 e. The Morgan fingerprint density at radius 1 is 0.326 bits per heavy atom. The average molecular weight is 613 g/mol. The molecule has 0 aliphatic heterocycles. The van der Waals surface area contributed by atoms with E-state index in [1.54, 1.807) is 37.4 Å². The molecular weight excluding hydrogens is 533 g/mol. The molecule has 0 aliphatic rings. The van der Waals surface area contributed by atoms with Crippen LogP contribution in [0.4, 0.5) is 0 Å². The van der Waals surface area contributed by atoms with Crippen molar-refractivity contribution >= 4 is 8.80 Å². The maximum Gasteiger partial charge on any atom is 0.0367 e. The molecule has 0 heterocycles. The summed E-state index contributed by atoms with van der Waals surface area (Å²) in [5, 5.41) is 0. The third kappa shape index (κ3) is 29.9. The van der Waals surface area contributed by atoms with Gasteiger partial charge in [0.1, 0.15) is 0 Å². The van der Waals surface area contributed by atoms with Crippen LogP contribution in [0.25, 0.3) is 0 Å². The Kier molecular flexibility index (Phi) is 32.3. The van der Waals surface area contributed by atoms with Crippen molar-refractivity contribution in [3.63, 3.8) is 0 Å². The van der Waals surface area contributed by atoms with Crippen LogP contribution in [0.2, 0.25) is 18.1 Å². The Balaban J connectivity index is 2.09. The van der Waals surface area contributed by atoms with E-state index in [9.17, 15) is 0 Å². The zero-order valence-electron chi connectivity index (χ0n) is 30.0. The van der Waals surface area contributed by atoms with Gasteiger partial charge in [0, 0.05) is 8.80 Å². The number of hydrogen-bond donors (Lipinski definition) is 0. The summed E-state index contributed by atoms with van der Waals surface area (Å²) >= 11 is 0. The molecule has 0 unspecified atom stereocenters. The summed E-state index contributed by atoms with van der Waals surface area (Å²) in [6.45, 7) is 4.64. The summed E-state index contributed by atoms with van der Waals surface area (Å²) in [7, 11) is -0.508. The van der Waals surface area contributed by atoms with Gasteiger partial charge < -0.3 is 0 Å². The Hall–Kier alpha value is -0.563. The molecule has 0 nitrogen and oxygen atoms in total. The molecule has 0 amide bonds. The fraction of sp³-hybridized carbons (Fsp3) is 0.857. The predicted molar refractivity (Wildman–Crippen MR) is 202 cm³/mol. The maximum atomic E-state index is 2.32. The van der Waals surface area contributed by atoms with Crippen molar-refractivity contribution in [3.8, 4) is 0 Å². The molecule has 0 aliphatic carbocycles. The predicted octanol–water partition coefficient (Wildman–Crippen LogP) is 15.2. The standard InChI is InChI=1S/C42H80Si/c1-3-5-7-9-11-13-15-17-19-22-26-33-39-43(40-34-27-23-20-18-16-14-12-10-8-6-4-2)41-35-28-24-21-25-30-36-42-37-31-29-32-38-42/h29,31-32,37-38,43H,3-28,30,33-36,39-41H2,1-2H3. The van der Waals surface area contributed by atoms with Crippen LogP contribution < -0.4 is 0 Å². The monoisotopic (exact) mass is 613 g/mol. The van der Waals surface area contributed by atoms with Crippen LogP contribution in [-0.2, 0) is 6.42 Å². The van der Waals surface area contributed by atoms with E-state index in [0.717, 1.165) is 0 Å². The van der Waals surface area contributed by atoms with Gasteiger partial charge in [0.05, 0.1) is 0 Å². The van der Waals surface area contributed by atoms with Gasteiger partial charge in [-0.2, -0.15) is 0 Å². The fourth-order valence-corrected chi connectivity index (χ4v) is 10.6. The third-order valence-electron chi connectivity index (χ3n) is 10.1. The van der Waals surface area contributed by atoms with Gasteiger partial charge in [0.15, 0.2) is 0 Å². The van der Waals surface area contributed by atoms with Crippen molar-refractivity contribution in [3.05, 3.63) is 35.9 Å². The molecule has 0 N–H and O–H groups in total. The molecule has 1 aromatic carbocycles. The number of unbranched alkanes of at least 4 members (excludes halogenated alkanes) is 27. The zero-order valence-corrected chi connectivity index (χ0v) is 31.2. The first kappa shape index (κ1) is 40.5. The zero-order chi connectivity index (χ0) is 30.7. The van der Waals surface area contributed by atoms with E-state index in [4.69, 9.17) is 0 Å². The Morgan fingerprint density at radius 2 is 0.605 bits per heavy atom. The molecule has 43 heavy (non-hydrogen) atoms. The average Bonchev–Trinajstić information content (AvgIpc) is 3.03. The minimum Gasteiger partial charge on any atom is -0.0654 e. The van der Waals surface area contributed by atoms with Crippen molar-refractivity contribution in [1.29, 1.82) is 0 Å². The fourth-order valence-electron chi connectivity index (χ4n) is 7.09. The SMILES string of the molecule is CCCCCCCCCCCCCC[SiH](CCCCCCCCCCCCCC)CCCCCCCCc1ccccc1. The summed E-state index contributed by atoms with van der Waals surface area (Å²) in [4.78, 5) is 0. The Morgan fingerprint density at radius 3 is 0.930 bits per heavy atom. The second-order valence-electron chi connectivity index (χ2n) is 14.4. The molecule has 0 radical (unpaired) electrons. The highest BCUT2D eigenvalue weighted by Gasteiger charge is 2.10. The smallest absolute Gasteiger partial charge is 0.0367 e. The molecule has 0 saturated carbocycles. The summed E-state index contributed by atoms with van der Waals surface area (Å²) < 4.78 is 0. The van der Waals surface area contributed by atoms with Gasteiger partial charge in [-0.3, -0.25) is 0 Å². The lowest BCUT2D eigenvalue weighted by Crippen LogP contribution is -2.12. The Bertz CT molecular complexity index is 597. The van der Waals surface area contributed by atoms with Crippen LogP contribution in [0.15, 0.2) is 30.3 Å². The maximum absolute atomic E-state index is 2.32. The van der Waals surface area contributed by atoms with E-state index in [-0.39, 0.29) is 0 Å². The second-order valence-corrected chi connectivity index (χ2v) is 17.8. The van der Waals surface area contributed by atoms with E-state index in [1.165, 1.54) is 185 Å². The normalized spacial score (nSPS) is 11.6. The highest BCUT2D eigenvalue weighted by Crippen LogP contribution is 2.21. The molecule has 0 fully saturated rings. The highest BCUT2D eigenvalue weighted by molar-refractivity contribution is 6.58. The highest BCUT2D eigenvalue weighted by atomic mass is 28.3. The second kappa shape index (κ2) is 34.3. The van der Waals surface area contributed by atoms with Gasteiger partial charge in [-0.25, -0.2) is 0 Å². The van der Waals surface area contributed by atoms with Crippen LogP contribution in [0, 0.1) is 0 Å². The summed E-state index contributed by atoms with van der Waals surface area (Å²) in [5.74, 6) is 0.